The lowest BCUT2D eigenvalue weighted by atomic mass is 10.1. The van der Waals surface area contributed by atoms with Crippen molar-refractivity contribution in [2.75, 3.05) is 6.54 Å². The second-order valence-corrected chi connectivity index (χ2v) is 7.50. The summed E-state index contributed by atoms with van der Waals surface area (Å²) in [4.78, 5) is 18.9. The number of hydrogen-bond acceptors (Lipinski definition) is 4. The van der Waals surface area contributed by atoms with Crippen LogP contribution in [0.25, 0.3) is 22.6 Å². The van der Waals surface area contributed by atoms with Gasteiger partial charge in [-0.05, 0) is 56.3 Å². The van der Waals surface area contributed by atoms with Crippen LogP contribution in [0.15, 0.2) is 60.9 Å². The Labute approximate surface area is 180 Å². The molecule has 31 heavy (non-hydrogen) atoms. The maximum Gasteiger partial charge on any atom is 0.186 e. The predicted molar refractivity (Wildman–Crippen MR) is 119 cm³/mol. The van der Waals surface area contributed by atoms with E-state index >= 15 is 0 Å². The summed E-state index contributed by atoms with van der Waals surface area (Å²) in [7, 11) is 1.90. The van der Waals surface area contributed by atoms with Gasteiger partial charge >= 0.3 is 0 Å². The van der Waals surface area contributed by atoms with E-state index < -0.39 is 11.6 Å². The fourth-order valence-electron chi connectivity index (χ4n) is 3.49. The van der Waals surface area contributed by atoms with Crippen LogP contribution in [-0.4, -0.2) is 39.3 Å². The molecule has 3 heterocycles. The van der Waals surface area contributed by atoms with E-state index in [-0.39, 0.29) is 12.0 Å². The number of H-pyrrole nitrogens is 1. The summed E-state index contributed by atoms with van der Waals surface area (Å²) in [5.74, 6) is -0.278. The molecule has 0 fully saturated rings. The first-order valence-electron chi connectivity index (χ1n) is 10.1. The van der Waals surface area contributed by atoms with Gasteiger partial charge in [0.2, 0.25) is 0 Å². The molecule has 4 aromatic rings. The average Bonchev–Trinajstić information content (AvgIpc) is 3.18. The molecule has 0 bridgehead atoms. The van der Waals surface area contributed by atoms with Crippen molar-refractivity contribution in [2.24, 2.45) is 0 Å². The maximum absolute atomic E-state index is 13.9. The Morgan fingerprint density at radius 2 is 1.68 bits per heavy atom. The van der Waals surface area contributed by atoms with Gasteiger partial charge in [0.15, 0.2) is 7.98 Å². The van der Waals surface area contributed by atoms with Crippen molar-refractivity contribution in [1.82, 2.24) is 24.7 Å². The summed E-state index contributed by atoms with van der Waals surface area (Å²) < 4.78 is 27.8. The number of halogens is 2. The SMILES string of the molecule is BN(CCc1c(F)cccc1F)Cc1nc(-c2cccc(C)n2)c(-c2ccncc2)[nH]1. The highest BCUT2D eigenvalue weighted by atomic mass is 19.1. The van der Waals surface area contributed by atoms with E-state index in [0.29, 0.717) is 13.1 Å². The third-order valence-corrected chi connectivity index (χ3v) is 5.08. The molecule has 3 aromatic heterocycles. The van der Waals surface area contributed by atoms with Crippen molar-refractivity contribution in [3.8, 4) is 22.6 Å². The Kier molecular flexibility index (Phi) is 6.18. The third-order valence-electron chi connectivity index (χ3n) is 5.08. The minimum atomic E-state index is -0.515. The number of nitrogens with zero attached hydrogens (tertiary/aromatic N) is 4. The zero-order valence-electron chi connectivity index (χ0n) is 17.4. The fraction of sp³-hybridized carbons (Fsp3) is 0.174. The van der Waals surface area contributed by atoms with Gasteiger partial charge in [-0.1, -0.05) is 12.1 Å². The van der Waals surface area contributed by atoms with Gasteiger partial charge in [0.25, 0.3) is 0 Å². The highest BCUT2D eigenvalue weighted by Gasteiger charge is 2.17. The lowest BCUT2D eigenvalue weighted by molar-refractivity contribution is 0.431. The van der Waals surface area contributed by atoms with Crippen molar-refractivity contribution >= 4 is 7.98 Å². The molecule has 4 rings (SSSR count). The number of nitrogens with one attached hydrogen (secondary N) is 1. The van der Waals surface area contributed by atoms with E-state index in [1.807, 2.05) is 50.0 Å². The highest BCUT2D eigenvalue weighted by Crippen LogP contribution is 2.29. The van der Waals surface area contributed by atoms with Gasteiger partial charge in [0, 0.05) is 35.8 Å². The van der Waals surface area contributed by atoms with Crippen LogP contribution in [0.3, 0.4) is 0 Å². The monoisotopic (exact) mass is 417 g/mol. The van der Waals surface area contributed by atoms with Gasteiger partial charge in [-0.15, -0.1) is 0 Å². The normalized spacial score (nSPS) is 11.2. The molecule has 0 saturated heterocycles. The van der Waals surface area contributed by atoms with Crippen molar-refractivity contribution in [1.29, 1.82) is 0 Å². The predicted octanol–water partition coefficient (Wildman–Crippen LogP) is 3.71. The molecule has 0 amide bonds. The van der Waals surface area contributed by atoms with E-state index in [9.17, 15) is 8.78 Å². The first-order valence-corrected chi connectivity index (χ1v) is 10.1. The van der Waals surface area contributed by atoms with Crippen LogP contribution in [0.4, 0.5) is 8.78 Å². The minimum Gasteiger partial charge on any atom is -0.342 e. The molecule has 0 spiro atoms. The summed E-state index contributed by atoms with van der Waals surface area (Å²) >= 11 is 0. The van der Waals surface area contributed by atoms with E-state index in [4.69, 9.17) is 4.98 Å². The fourth-order valence-corrected chi connectivity index (χ4v) is 3.49. The molecule has 1 aromatic carbocycles. The number of rotatable bonds is 7. The molecule has 0 aliphatic rings. The largest absolute Gasteiger partial charge is 0.342 e. The molecule has 1 N–H and O–H groups in total. The molecule has 0 saturated carbocycles. The molecule has 0 aliphatic heterocycles. The summed E-state index contributed by atoms with van der Waals surface area (Å²) in [6, 6.07) is 13.6. The van der Waals surface area contributed by atoms with Gasteiger partial charge in [-0.25, -0.2) is 13.8 Å². The number of hydrogen-bond donors (Lipinski definition) is 1. The summed E-state index contributed by atoms with van der Waals surface area (Å²) in [5.41, 5.74) is 4.39. The second kappa shape index (κ2) is 9.18. The summed E-state index contributed by atoms with van der Waals surface area (Å²) in [6.45, 7) is 2.93. The van der Waals surface area contributed by atoms with Gasteiger partial charge in [-0.3, -0.25) is 9.97 Å². The van der Waals surface area contributed by atoms with Crippen LogP contribution >= 0.6 is 0 Å². The molecular weight excluding hydrogens is 395 g/mol. The molecule has 0 unspecified atom stereocenters. The molecule has 5 nitrogen and oxygen atoms in total. The van der Waals surface area contributed by atoms with Crippen LogP contribution in [-0.2, 0) is 13.0 Å². The molecule has 0 radical (unpaired) electrons. The number of benzene rings is 1. The van der Waals surface area contributed by atoms with Crippen molar-refractivity contribution in [2.45, 2.75) is 19.9 Å². The van der Waals surface area contributed by atoms with Gasteiger partial charge in [0.05, 0.1) is 11.4 Å². The van der Waals surface area contributed by atoms with Crippen LogP contribution in [0, 0.1) is 18.6 Å². The first kappa shape index (κ1) is 20.9. The molecule has 8 heteroatoms. The van der Waals surface area contributed by atoms with Gasteiger partial charge in [0.1, 0.15) is 23.2 Å². The standard InChI is InChI=1S/C23H22BF2N5/c1-15-4-2-7-20(28-15)23-22(16-8-11-27-12-9-16)29-21(30-23)14-31(24)13-10-17-18(25)5-3-6-19(17)26/h2-9,11-12H,10,13-14,24H2,1H3,(H,29,30). The third kappa shape index (κ3) is 4.86. The zero-order chi connectivity index (χ0) is 21.8. The van der Waals surface area contributed by atoms with E-state index in [0.717, 1.165) is 34.2 Å². The summed E-state index contributed by atoms with van der Waals surface area (Å²) in [6.07, 6.45) is 3.75. The number of aryl methyl sites for hydroxylation is 1. The van der Waals surface area contributed by atoms with E-state index in [2.05, 4.69) is 15.0 Å². The van der Waals surface area contributed by atoms with Crippen LogP contribution in [0.1, 0.15) is 17.1 Å². The van der Waals surface area contributed by atoms with Crippen molar-refractivity contribution in [3.05, 3.63) is 89.6 Å². The number of imidazole rings is 1. The Morgan fingerprint density at radius 1 is 0.968 bits per heavy atom. The lowest BCUT2D eigenvalue weighted by Gasteiger charge is -2.16. The van der Waals surface area contributed by atoms with Gasteiger partial charge in [-0.2, -0.15) is 0 Å². The van der Waals surface area contributed by atoms with Crippen LogP contribution < -0.4 is 0 Å². The first-order chi connectivity index (χ1) is 15.0. The Bertz CT molecular complexity index is 1160. The zero-order valence-corrected chi connectivity index (χ0v) is 17.4. The second-order valence-electron chi connectivity index (χ2n) is 7.50. The van der Waals surface area contributed by atoms with Gasteiger partial charge < -0.3 is 9.79 Å². The minimum absolute atomic E-state index is 0.107. The van der Waals surface area contributed by atoms with E-state index in [1.165, 1.54) is 18.2 Å². The number of aromatic amines is 1. The van der Waals surface area contributed by atoms with Crippen molar-refractivity contribution < 1.29 is 8.78 Å². The lowest BCUT2D eigenvalue weighted by Crippen LogP contribution is -2.23. The van der Waals surface area contributed by atoms with Crippen molar-refractivity contribution in [3.63, 3.8) is 0 Å². The Balaban J connectivity index is 1.57. The quantitative estimate of drug-likeness (QED) is 0.466. The van der Waals surface area contributed by atoms with Crippen LogP contribution in [0.2, 0.25) is 0 Å². The maximum atomic E-state index is 13.9. The highest BCUT2D eigenvalue weighted by molar-refractivity contribution is 6.04. The Morgan fingerprint density at radius 3 is 2.39 bits per heavy atom. The Hall–Kier alpha value is -3.39. The van der Waals surface area contributed by atoms with Crippen LogP contribution in [0.5, 0.6) is 0 Å². The molecule has 0 aliphatic carbocycles. The molecule has 156 valence electrons. The number of pyridine rings is 2. The number of aromatic nitrogens is 4. The smallest absolute Gasteiger partial charge is 0.186 e. The average molecular weight is 417 g/mol. The molecular formula is C23H22BF2N5. The summed E-state index contributed by atoms with van der Waals surface area (Å²) in [5, 5.41) is 0. The topological polar surface area (TPSA) is 57.7 Å². The van der Waals surface area contributed by atoms with E-state index in [1.54, 1.807) is 12.4 Å². The molecule has 0 atom stereocenters.